The standard InChI is InChI=1S/C19H22FNO2/c1-14(2)15-7-9-17(10-8-15)23-13-19(22)21-12-11-16-5-3-4-6-18(16)20/h3-10,14H,11-13H2,1-2H3,(H,21,22). The maximum atomic E-state index is 13.4. The van der Waals surface area contributed by atoms with Crippen LogP contribution in [0, 0.1) is 5.82 Å². The van der Waals surface area contributed by atoms with Gasteiger partial charge in [0.2, 0.25) is 0 Å². The summed E-state index contributed by atoms with van der Waals surface area (Å²) in [7, 11) is 0. The molecule has 4 heteroatoms. The number of nitrogens with one attached hydrogen (secondary N) is 1. The van der Waals surface area contributed by atoms with E-state index in [1.807, 2.05) is 24.3 Å². The Morgan fingerprint density at radius 1 is 1.13 bits per heavy atom. The van der Waals surface area contributed by atoms with Crippen molar-refractivity contribution in [2.45, 2.75) is 26.2 Å². The molecule has 1 N–H and O–H groups in total. The molecule has 0 saturated heterocycles. The summed E-state index contributed by atoms with van der Waals surface area (Å²) in [6, 6.07) is 14.3. The Hall–Kier alpha value is -2.36. The maximum Gasteiger partial charge on any atom is 0.257 e. The van der Waals surface area contributed by atoms with Crippen molar-refractivity contribution < 1.29 is 13.9 Å². The number of amides is 1. The zero-order valence-electron chi connectivity index (χ0n) is 13.5. The highest BCUT2D eigenvalue weighted by molar-refractivity contribution is 5.77. The van der Waals surface area contributed by atoms with E-state index in [9.17, 15) is 9.18 Å². The quantitative estimate of drug-likeness (QED) is 0.846. The van der Waals surface area contributed by atoms with E-state index in [1.165, 1.54) is 11.6 Å². The van der Waals surface area contributed by atoms with Gasteiger partial charge in [-0.05, 0) is 41.7 Å². The minimum atomic E-state index is -0.247. The lowest BCUT2D eigenvalue weighted by molar-refractivity contribution is -0.123. The Bertz CT molecular complexity index is 638. The summed E-state index contributed by atoms with van der Waals surface area (Å²) < 4.78 is 18.9. The predicted molar refractivity (Wildman–Crippen MR) is 89.1 cm³/mol. The van der Waals surface area contributed by atoms with Crippen LogP contribution in [0.3, 0.4) is 0 Å². The second-order valence-corrected chi connectivity index (χ2v) is 5.70. The SMILES string of the molecule is CC(C)c1ccc(OCC(=O)NCCc2ccccc2F)cc1. The predicted octanol–water partition coefficient (Wildman–Crippen LogP) is 3.69. The van der Waals surface area contributed by atoms with Gasteiger partial charge in [0.25, 0.3) is 5.91 Å². The lowest BCUT2D eigenvalue weighted by Crippen LogP contribution is -2.30. The molecular formula is C19H22FNO2. The Morgan fingerprint density at radius 3 is 2.48 bits per heavy atom. The fourth-order valence-corrected chi connectivity index (χ4v) is 2.19. The topological polar surface area (TPSA) is 38.3 Å². The van der Waals surface area contributed by atoms with E-state index in [-0.39, 0.29) is 18.3 Å². The van der Waals surface area contributed by atoms with E-state index in [2.05, 4.69) is 19.2 Å². The van der Waals surface area contributed by atoms with Gasteiger partial charge in [-0.15, -0.1) is 0 Å². The Kier molecular flexibility index (Phi) is 6.15. The third kappa shape index (κ3) is 5.40. The van der Waals surface area contributed by atoms with Gasteiger partial charge in [0.1, 0.15) is 11.6 Å². The first-order valence-electron chi connectivity index (χ1n) is 7.79. The van der Waals surface area contributed by atoms with Crippen molar-refractivity contribution in [1.82, 2.24) is 5.32 Å². The van der Waals surface area contributed by atoms with E-state index in [1.54, 1.807) is 18.2 Å². The van der Waals surface area contributed by atoms with Crippen LogP contribution in [0.5, 0.6) is 5.75 Å². The number of benzene rings is 2. The van der Waals surface area contributed by atoms with Crippen LogP contribution >= 0.6 is 0 Å². The molecule has 0 heterocycles. The molecule has 0 aromatic heterocycles. The van der Waals surface area contributed by atoms with E-state index in [0.717, 1.165) is 0 Å². The summed E-state index contributed by atoms with van der Waals surface area (Å²) in [6.07, 6.45) is 0.460. The largest absolute Gasteiger partial charge is 0.484 e. The number of halogens is 1. The molecule has 0 radical (unpaired) electrons. The van der Waals surface area contributed by atoms with Crippen LogP contribution in [0.15, 0.2) is 48.5 Å². The summed E-state index contributed by atoms with van der Waals surface area (Å²) in [4.78, 5) is 11.7. The van der Waals surface area contributed by atoms with Gasteiger partial charge in [-0.2, -0.15) is 0 Å². The molecule has 1 amide bonds. The highest BCUT2D eigenvalue weighted by Gasteiger charge is 2.05. The van der Waals surface area contributed by atoms with Crippen LogP contribution in [-0.2, 0) is 11.2 Å². The van der Waals surface area contributed by atoms with Gasteiger partial charge in [0.15, 0.2) is 6.61 Å². The van der Waals surface area contributed by atoms with Crippen LogP contribution in [0.1, 0.15) is 30.9 Å². The van der Waals surface area contributed by atoms with Crippen LogP contribution in [-0.4, -0.2) is 19.1 Å². The smallest absolute Gasteiger partial charge is 0.257 e. The molecule has 23 heavy (non-hydrogen) atoms. The average Bonchev–Trinajstić information content (AvgIpc) is 2.55. The molecule has 0 unspecified atom stereocenters. The zero-order valence-corrected chi connectivity index (χ0v) is 13.5. The minimum Gasteiger partial charge on any atom is -0.484 e. The average molecular weight is 315 g/mol. The summed E-state index contributed by atoms with van der Waals surface area (Å²) >= 11 is 0. The number of carbonyl (C=O) groups is 1. The Balaban J connectivity index is 1.72. The molecule has 0 fully saturated rings. The lowest BCUT2D eigenvalue weighted by Gasteiger charge is -2.09. The van der Waals surface area contributed by atoms with E-state index in [0.29, 0.717) is 30.2 Å². The molecule has 0 aliphatic carbocycles. The van der Waals surface area contributed by atoms with Gasteiger partial charge >= 0.3 is 0 Å². The molecule has 2 rings (SSSR count). The second kappa shape index (κ2) is 8.32. The van der Waals surface area contributed by atoms with Gasteiger partial charge < -0.3 is 10.1 Å². The van der Waals surface area contributed by atoms with Crippen molar-refractivity contribution in [1.29, 1.82) is 0 Å². The van der Waals surface area contributed by atoms with Gasteiger partial charge in [0.05, 0.1) is 0 Å². The summed E-state index contributed by atoms with van der Waals surface area (Å²) in [5.41, 5.74) is 1.82. The molecule has 0 saturated carbocycles. The maximum absolute atomic E-state index is 13.4. The molecule has 122 valence electrons. The van der Waals surface area contributed by atoms with Gasteiger partial charge in [0, 0.05) is 6.54 Å². The summed E-state index contributed by atoms with van der Waals surface area (Å²) in [5.74, 6) is 0.668. The van der Waals surface area contributed by atoms with E-state index in [4.69, 9.17) is 4.74 Å². The van der Waals surface area contributed by atoms with Gasteiger partial charge in [-0.25, -0.2) is 4.39 Å². The molecule has 0 spiro atoms. The highest BCUT2D eigenvalue weighted by Crippen LogP contribution is 2.18. The summed E-state index contributed by atoms with van der Waals surface area (Å²) in [5, 5.41) is 2.73. The normalized spacial score (nSPS) is 10.6. The van der Waals surface area contributed by atoms with Gasteiger partial charge in [-0.1, -0.05) is 44.2 Å². The number of rotatable bonds is 7. The van der Waals surface area contributed by atoms with Crippen molar-refractivity contribution in [3.05, 3.63) is 65.5 Å². The molecule has 2 aromatic carbocycles. The monoisotopic (exact) mass is 315 g/mol. The third-order valence-corrected chi connectivity index (χ3v) is 3.59. The van der Waals surface area contributed by atoms with Crippen LogP contribution in [0.4, 0.5) is 4.39 Å². The fourth-order valence-electron chi connectivity index (χ4n) is 2.19. The number of hydrogen-bond acceptors (Lipinski definition) is 2. The highest BCUT2D eigenvalue weighted by atomic mass is 19.1. The van der Waals surface area contributed by atoms with Crippen molar-refractivity contribution in [3.8, 4) is 5.75 Å². The molecule has 0 atom stereocenters. The second-order valence-electron chi connectivity index (χ2n) is 5.70. The number of ether oxygens (including phenoxy) is 1. The van der Waals surface area contributed by atoms with Crippen LogP contribution < -0.4 is 10.1 Å². The zero-order chi connectivity index (χ0) is 16.7. The van der Waals surface area contributed by atoms with E-state index >= 15 is 0 Å². The molecular weight excluding hydrogens is 293 g/mol. The van der Waals surface area contributed by atoms with Crippen molar-refractivity contribution >= 4 is 5.91 Å². The third-order valence-electron chi connectivity index (χ3n) is 3.59. The number of hydrogen-bond donors (Lipinski definition) is 1. The first-order valence-corrected chi connectivity index (χ1v) is 7.79. The molecule has 3 nitrogen and oxygen atoms in total. The molecule has 0 aliphatic heterocycles. The fraction of sp³-hybridized carbons (Fsp3) is 0.316. The minimum absolute atomic E-state index is 0.0434. The molecule has 0 bridgehead atoms. The Labute approximate surface area is 136 Å². The van der Waals surface area contributed by atoms with Crippen molar-refractivity contribution in [3.63, 3.8) is 0 Å². The van der Waals surface area contributed by atoms with Crippen LogP contribution in [0.25, 0.3) is 0 Å². The number of carbonyl (C=O) groups excluding carboxylic acids is 1. The first kappa shape index (κ1) is 17.0. The Morgan fingerprint density at radius 2 is 1.83 bits per heavy atom. The van der Waals surface area contributed by atoms with E-state index < -0.39 is 0 Å². The van der Waals surface area contributed by atoms with Crippen molar-refractivity contribution in [2.24, 2.45) is 0 Å². The summed E-state index contributed by atoms with van der Waals surface area (Å²) in [6.45, 7) is 4.59. The lowest BCUT2D eigenvalue weighted by atomic mass is 10.0. The van der Waals surface area contributed by atoms with Gasteiger partial charge in [-0.3, -0.25) is 4.79 Å². The first-order chi connectivity index (χ1) is 11.1. The molecule has 0 aliphatic rings. The molecule has 2 aromatic rings. The van der Waals surface area contributed by atoms with Crippen LogP contribution in [0.2, 0.25) is 0 Å². The van der Waals surface area contributed by atoms with Crippen molar-refractivity contribution in [2.75, 3.05) is 13.2 Å².